The molecule has 13 heteroatoms. The van der Waals surface area contributed by atoms with Crippen molar-refractivity contribution in [1.29, 1.82) is 0 Å². The van der Waals surface area contributed by atoms with Crippen LogP contribution in [0.5, 0.6) is 0 Å². The number of amides is 3. The highest BCUT2D eigenvalue weighted by atomic mass is 16.6. The number of carbonyl (C=O) groups is 4. The molecule has 39 heavy (non-hydrogen) atoms. The van der Waals surface area contributed by atoms with Crippen LogP contribution < -0.4 is 10.6 Å². The Hall–Kier alpha value is -2.54. The molecule has 0 saturated carbocycles. The minimum atomic E-state index is -1.69. The highest BCUT2D eigenvalue weighted by molar-refractivity contribution is 6.40. The van der Waals surface area contributed by atoms with Gasteiger partial charge in [0.15, 0.2) is 0 Å². The predicted molar refractivity (Wildman–Crippen MR) is 146 cm³/mol. The highest BCUT2D eigenvalue weighted by Crippen LogP contribution is 2.35. The number of hydrogen-bond donors (Lipinski definition) is 5. The number of nitrogens with zero attached hydrogens (tertiary/aromatic N) is 1. The third kappa shape index (κ3) is 11.2. The lowest BCUT2D eigenvalue weighted by atomic mass is 9.77. The van der Waals surface area contributed by atoms with Crippen LogP contribution in [0.3, 0.4) is 0 Å². The second-order valence-electron chi connectivity index (χ2n) is 13.3. The highest BCUT2D eigenvalue weighted by Gasteiger charge is 2.52. The van der Waals surface area contributed by atoms with E-state index in [2.05, 4.69) is 10.6 Å². The molecule has 1 rings (SSSR count). The summed E-state index contributed by atoms with van der Waals surface area (Å²) in [6.07, 6.45) is -0.603. The quantitative estimate of drug-likeness (QED) is 0.211. The van der Waals surface area contributed by atoms with Crippen LogP contribution in [0, 0.1) is 5.41 Å². The molecule has 1 heterocycles. The van der Waals surface area contributed by atoms with E-state index >= 15 is 0 Å². The Kier molecular flexibility index (Phi) is 11.7. The Morgan fingerprint density at radius 2 is 1.54 bits per heavy atom. The number of piperidine rings is 1. The zero-order valence-electron chi connectivity index (χ0n) is 24.9. The molecule has 1 fully saturated rings. The van der Waals surface area contributed by atoms with Crippen LogP contribution in [0.2, 0.25) is 6.32 Å². The Balaban J connectivity index is 3.21. The molecule has 1 aliphatic rings. The van der Waals surface area contributed by atoms with Crippen LogP contribution in [-0.4, -0.2) is 86.6 Å². The van der Waals surface area contributed by atoms with Crippen molar-refractivity contribution >= 4 is 31.2 Å². The number of carboxylic acid groups (broad SMARTS) is 1. The summed E-state index contributed by atoms with van der Waals surface area (Å²) in [5.41, 5.74) is -3.98. The van der Waals surface area contributed by atoms with Crippen molar-refractivity contribution in [1.82, 2.24) is 15.5 Å². The van der Waals surface area contributed by atoms with E-state index < -0.39 is 65.4 Å². The molecule has 224 valence electrons. The van der Waals surface area contributed by atoms with Crippen LogP contribution in [0.25, 0.3) is 0 Å². The van der Waals surface area contributed by atoms with Gasteiger partial charge in [0.1, 0.15) is 22.8 Å². The molecule has 0 aromatic carbocycles. The summed E-state index contributed by atoms with van der Waals surface area (Å²) in [6.45, 7) is 15.6. The first-order chi connectivity index (χ1) is 17.6. The summed E-state index contributed by atoms with van der Waals surface area (Å²) in [4.78, 5) is 52.9. The molecule has 12 nitrogen and oxygen atoms in total. The number of aliphatic carboxylic acids is 1. The van der Waals surface area contributed by atoms with E-state index in [1.54, 1.807) is 62.3 Å². The lowest BCUT2D eigenvalue weighted by molar-refractivity contribution is -0.156. The summed E-state index contributed by atoms with van der Waals surface area (Å²) in [6, 6.07) is -1.58. The van der Waals surface area contributed by atoms with E-state index in [0.717, 1.165) is 0 Å². The zero-order valence-corrected chi connectivity index (χ0v) is 24.9. The van der Waals surface area contributed by atoms with Gasteiger partial charge in [-0.2, -0.15) is 0 Å². The number of rotatable bonds is 9. The van der Waals surface area contributed by atoms with Crippen LogP contribution in [0.4, 0.5) is 9.59 Å². The molecule has 5 N–H and O–H groups in total. The molecule has 0 radical (unpaired) electrons. The molecule has 3 amide bonds. The third-order valence-corrected chi connectivity index (χ3v) is 6.25. The smallest absolute Gasteiger partial charge is 0.451 e. The topological polar surface area (TPSA) is 175 Å². The molecule has 0 aromatic rings. The van der Waals surface area contributed by atoms with E-state index in [9.17, 15) is 34.3 Å². The minimum Gasteiger partial charge on any atom is -0.479 e. The van der Waals surface area contributed by atoms with Gasteiger partial charge in [0.2, 0.25) is 5.91 Å². The van der Waals surface area contributed by atoms with E-state index in [1.165, 1.54) is 4.90 Å². The molecule has 0 aromatic heterocycles. The van der Waals surface area contributed by atoms with Crippen LogP contribution >= 0.6 is 0 Å². The first kappa shape index (κ1) is 34.5. The van der Waals surface area contributed by atoms with Gasteiger partial charge in [-0.15, -0.1) is 0 Å². The Morgan fingerprint density at radius 1 is 0.974 bits per heavy atom. The number of hydrogen-bond acceptors (Lipinski definition) is 8. The van der Waals surface area contributed by atoms with Crippen molar-refractivity contribution < 1.29 is 43.8 Å². The number of nitrogens with one attached hydrogen (secondary N) is 2. The Morgan fingerprint density at radius 3 is 2.00 bits per heavy atom. The minimum absolute atomic E-state index is 0.0223. The molecule has 0 bridgehead atoms. The fourth-order valence-corrected chi connectivity index (χ4v) is 4.50. The Bertz CT molecular complexity index is 877. The van der Waals surface area contributed by atoms with Crippen LogP contribution in [-0.2, 0) is 19.1 Å². The van der Waals surface area contributed by atoms with E-state index in [0.29, 0.717) is 12.8 Å². The van der Waals surface area contributed by atoms with Crippen molar-refractivity contribution in [2.75, 3.05) is 6.54 Å². The normalized spacial score (nSPS) is 21.0. The van der Waals surface area contributed by atoms with Crippen LogP contribution in [0.1, 0.15) is 94.4 Å². The number of alkyl carbamates (subject to hydrolysis) is 1. The largest absolute Gasteiger partial charge is 0.479 e. The number of carboxylic acids is 1. The first-order valence-electron chi connectivity index (χ1n) is 13.5. The number of carbonyl (C=O) groups excluding carboxylic acids is 3. The molecule has 3 atom stereocenters. The summed E-state index contributed by atoms with van der Waals surface area (Å²) >= 11 is 0. The Labute approximate surface area is 232 Å². The fourth-order valence-electron chi connectivity index (χ4n) is 4.50. The lowest BCUT2D eigenvalue weighted by Gasteiger charge is -2.47. The van der Waals surface area contributed by atoms with Crippen molar-refractivity contribution in [2.45, 2.75) is 130 Å². The van der Waals surface area contributed by atoms with Gasteiger partial charge in [0, 0.05) is 19.0 Å². The fraction of sp³-hybridized carbons (Fsp3) is 0.846. The average molecular weight is 557 g/mol. The summed E-state index contributed by atoms with van der Waals surface area (Å²) < 4.78 is 10.8. The van der Waals surface area contributed by atoms with Gasteiger partial charge >= 0.3 is 25.3 Å². The summed E-state index contributed by atoms with van der Waals surface area (Å²) in [5.74, 6) is -1.73. The van der Waals surface area contributed by atoms with Crippen molar-refractivity contribution in [2.24, 2.45) is 5.41 Å². The second kappa shape index (κ2) is 13.2. The number of ether oxygens (including phenoxy) is 2. The van der Waals surface area contributed by atoms with Crippen molar-refractivity contribution in [3.63, 3.8) is 0 Å². The van der Waals surface area contributed by atoms with Crippen molar-refractivity contribution in [3.05, 3.63) is 0 Å². The van der Waals surface area contributed by atoms with Crippen LogP contribution in [0.15, 0.2) is 0 Å². The maximum Gasteiger partial charge on any atom is 0.451 e. The molecule has 1 saturated heterocycles. The lowest BCUT2D eigenvalue weighted by Crippen LogP contribution is -2.65. The maximum atomic E-state index is 13.4. The monoisotopic (exact) mass is 557 g/mol. The first-order valence-corrected chi connectivity index (χ1v) is 13.5. The average Bonchev–Trinajstić information content (AvgIpc) is 2.71. The third-order valence-electron chi connectivity index (χ3n) is 6.25. The van der Waals surface area contributed by atoms with Gasteiger partial charge in [-0.3, -0.25) is 9.69 Å². The molecule has 0 spiro atoms. The van der Waals surface area contributed by atoms with Gasteiger partial charge in [0.25, 0.3) is 0 Å². The SMILES string of the molecule is CC(C)(C)OC(=O)N[C@H](C(=O)N[C@H]1CCN(C(=O)OC(C)(C)C)[C@@](CCCCB(O)O)(C(=O)O)C1)C(C)(C)C. The standard InChI is InChI=1S/C26H48BN3O9/c1-23(2,3)18(29-21(34)38-24(4,5)6)19(31)28-17-12-15-30(22(35)39-25(7,8)9)26(16-17,20(32)33)13-10-11-14-27(36)37/h17-18,36-37H,10-16H2,1-9H3,(H,28,31)(H,29,34)(H,32,33)/t17-,18+,26+/m0/s1. The molecular formula is C26H48BN3O9. The molecular weight excluding hydrogens is 509 g/mol. The molecule has 1 aliphatic heterocycles. The summed E-state index contributed by atoms with van der Waals surface area (Å²) in [5, 5.41) is 34.3. The number of unbranched alkanes of at least 4 members (excludes halogenated alkanes) is 1. The number of likely N-dealkylation sites (tertiary alicyclic amines) is 1. The van der Waals surface area contributed by atoms with Gasteiger partial charge in [-0.05, 0) is 66.1 Å². The zero-order chi connectivity index (χ0) is 30.4. The van der Waals surface area contributed by atoms with Crippen molar-refractivity contribution in [3.8, 4) is 0 Å². The summed E-state index contributed by atoms with van der Waals surface area (Å²) in [7, 11) is -1.52. The second-order valence-corrected chi connectivity index (χ2v) is 13.3. The molecule has 0 aliphatic carbocycles. The van der Waals surface area contributed by atoms with Gasteiger partial charge in [0.05, 0.1) is 0 Å². The van der Waals surface area contributed by atoms with Gasteiger partial charge < -0.3 is 35.3 Å². The van der Waals surface area contributed by atoms with E-state index in [-0.39, 0.29) is 32.1 Å². The van der Waals surface area contributed by atoms with E-state index in [4.69, 9.17) is 9.47 Å². The maximum absolute atomic E-state index is 13.4. The predicted octanol–water partition coefficient (Wildman–Crippen LogP) is 2.91. The van der Waals surface area contributed by atoms with Gasteiger partial charge in [-0.25, -0.2) is 14.4 Å². The molecule has 0 unspecified atom stereocenters. The van der Waals surface area contributed by atoms with E-state index in [1.807, 2.05) is 0 Å². The van der Waals surface area contributed by atoms with Gasteiger partial charge in [-0.1, -0.05) is 33.6 Å².